The number of nitrogens with zero attached hydrogens (tertiary/aromatic N) is 2. The maximum Gasteiger partial charge on any atom is 0.319 e. The van der Waals surface area contributed by atoms with E-state index in [1.54, 1.807) is 18.2 Å². The Morgan fingerprint density at radius 3 is 2.89 bits per heavy atom. The number of hydrogen-bond donors (Lipinski definition) is 2. The standard InChI is InChI=1S/C17H17ClN4O5/c1-9-11(16(24)27-8-7-26-2)13(21-17(25)19-9)12-14(18)20-10-5-3-4-6-22(10)15(12)23/h3-6,11,13H,1,7-8H2,2H3,(H2,19,21,25)/t11-,13-/m0/s1. The lowest BCUT2D eigenvalue weighted by atomic mass is 9.90. The molecule has 0 unspecified atom stereocenters. The first-order chi connectivity index (χ1) is 12.9. The molecule has 2 atom stereocenters. The van der Waals surface area contributed by atoms with E-state index in [1.807, 2.05) is 0 Å². The number of carbonyl (C=O) groups excluding carboxylic acids is 2. The van der Waals surface area contributed by atoms with Gasteiger partial charge in [-0.15, -0.1) is 0 Å². The Morgan fingerprint density at radius 2 is 2.15 bits per heavy atom. The minimum atomic E-state index is -1.08. The molecule has 142 valence electrons. The Hall–Kier alpha value is -2.91. The Morgan fingerprint density at radius 1 is 1.37 bits per heavy atom. The molecular weight excluding hydrogens is 376 g/mol. The molecular formula is C17H17ClN4O5. The quantitative estimate of drug-likeness (QED) is 0.446. The van der Waals surface area contributed by atoms with E-state index < -0.39 is 29.5 Å². The number of carbonyl (C=O) groups is 2. The molecule has 0 spiro atoms. The molecule has 3 rings (SSSR count). The number of esters is 1. The van der Waals surface area contributed by atoms with Crippen molar-refractivity contribution in [3.63, 3.8) is 0 Å². The van der Waals surface area contributed by atoms with Crippen molar-refractivity contribution in [2.24, 2.45) is 5.92 Å². The van der Waals surface area contributed by atoms with Gasteiger partial charge in [0.05, 0.1) is 18.2 Å². The molecule has 2 N–H and O–H groups in total. The van der Waals surface area contributed by atoms with E-state index >= 15 is 0 Å². The SMILES string of the molecule is C=C1NC(=O)N[C@H](c2c(Cl)nc3ccccn3c2=O)[C@H]1C(=O)OCCOC. The van der Waals surface area contributed by atoms with Gasteiger partial charge >= 0.3 is 12.0 Å². The number of methoxy groups -OCH3 is 1. The van der Waals surface area contributed by atoms with Gasteiger partial charge in [0.2, 0.25) is 0 Å². The number of pyridine rings is 1. The van der Waals surface area contributed by atoms with Crippen LogP contribution in [0.15, 0.2) is 41.5 Å². The highest BCUT2D eigenvalue weighted by Crippen LogP contribution is 2.31. The summed E-state index contributed by atoms with van der Waals surface area (Å²) in [6.45, 7) is 3.94. The number of urea groups is 1. The van der Waals surface area contributed by atoms with E-state index in [-0.39, 0.29) is 29.6 Å². The van der Waals surface area contributed by atoms with Gasteiger partial charge in [-0.3, -0.25) is 14.0 Å². The largest absolute Gasteiger partial charge is 0.463 e. The van der Waals surface area contributed by atoms with Gasteiger partial charge in [-0.2, -0.15) is 0 Å². The summed E-state index contributed by atoms with van der Waals surface area (Å²) in [6, 6.07) is 3.30. The average molecular weight is 393 g/mol. The zero-order valence-corrected chi connectivity index (χ0v) is 15.2. The number of fused-ring (bicyclic) bond motifs is 1. The fourth-order valence-corrected chi connectivity index (χ4v) is 3.14. The van der Waals surface area contributed by atoms with Crippen LogP contribution < -0.4 is 16.2 Å². The zero-order chi connectivity index (χ0) is 19.6. The van der Waals surface area contributed by atoms with Gasteiger partial charge in [0.15, 0.2) is 0 Å². The van der Waals surface area contributed by atoms with Crippen molar-refractivity contribution in [2.75, 3.05) is 20.3 Å². The van der Waals surface area contributed by atoms with Crippen LogP contribution in [0.5, 0.6) is 0 Å². The highest BCUT2D eigenvalue weighted by Gasteiger charge is 2.41. The summed E-state index contributed by atoms with van der Waals surface area (Å²) >= 11 is 6.24. The summed E-state index contributed by atoms with van der Waals surface area (Å²) in [4.78, 5) is 41.6. The van der Waals surface area contributed by atoms with Gasteiger partial charge in [0, 0.05) is 19.0 Å². The molecule has 10 heteroatoms. The maximum absolute atomic E-state index is 13.0. The molecule has 0 saturated carbocycles. The summed E-state index contributed by atoms with van der Waals surface area (Å²) in [6.07, 6.45) is 1.52. The predicted octanol–water partition coefficient (Wildman–Crippen LogP) is 1.02. The van der Waals surface area contributed by atoms with Crippen molar-refractivity contribution >= 4 is 29.2 Å². The van der Waals surface area contributed by atoms with E-state index in [9.17, 15) is 14.4 Å². The minimum Gasteiger partial charge on any atom is -0.463 e. The summed E-state index contributed by atoms with van der Waals surface area (Å²) in [5.41, 5.74) is -0.0836. The molecule has 1 fully saturated rings. The topological polar surface area (TPSA) is 111 Å². The van der Waals surface area contributed by atoms with Crippen molar-refractivity contribution in [1.82, 2.24) is 20.0 Å². The molecule has 0 bridgehead atoms. The van der Waals surface area contributed by atoms with Crippen molar-refractivity contribution < 1.29 is 19.1 Å². The van der Waals surface area contributed by atoms with Crippen molar-refractivity contribution in [3.8, 4) is 0 Å². The molecule has 3 heterocycles. The summed E-state index contributed by atoms with van der Waals surface area (Å²) in [7, 11) is 1.47. The molecule has 0 radical (unpaired) electrons. The Bertz CT molecular complexity index is 973. The van der Waals surface area contributed by atoms with Crippen LogP contribution in [0.3, 0.4) is 0 Å². The lowest BCUT2D eigenvalue weighted by Gasteiger charge is -2.33. The first kappa shape index (κ1) is 18.9. The third-order valence-corrected chi connectivity index (χ3v) is 4.38. The average Bonchev–Trinajstić information content (AvgIpc) is 2.61. The van der Waals surface area contributed by atoms with Gasteiger partial charge in [-0.1, -0.05) is 24.2 Å². The van der Waals surface area contributed by atoms with Crippen LogP contribution in [0, 0.1) is 5.92 Å². The Labute approximate surface area is 158 Å². The van der Waals surface area contributed by atoms with Gasteiger partial charge in [0.25, 0.3) is 5.56 Å². The fraction of sp³-hybridized carbons (Fsp3) is 0.294. The smallest absolute Gasteiger partial charge is 0.319 e. The molecule has 2 aromatic rings. The summed E-state index contributed by atoms with van der Waals surface area (Å²) in [5, 5.41) is 4.87. The Kier molecular flexibility index (Phi) is 5.43. The molecule has 1 saturated heterocycles. The number of nitrogens with one attached hydrogen (secondary N) is 2. The number of hydrogen-bond acceptors (Lipinski definition) is 6. The van der Waals surface area contributed by atoms with Crippen LogP contribution in [-0.4, -0.2) is 41.7 Å². The van der Waals surface area contributed by atoms with Gasteiger partial charge < -0.3 is 20.1 Å². The fourth-order valence-electron chi connectivity index (χ4n) is 2.86. The van der Waals surface area contributed by atoms with E-state index in [2.05, 4.69) is 22.2 Å². The predicted molar refractivity (Wildman–Crippen MR) is 96.3 cm³/mol. The minimum absolute atomic E-state index is 0.0163. The molecule has 27 heavy (non-hydrogen) atoms. The second-order valence-corrected chi connectivity index (χ2v) is 6.15. The van der Waals surface area contributed by atoms with Crippen LogP contribution in [-0.2, 0) is 14.3 Å². The number of ether oxygens (including phenoxy) is 2. The second kappa shape index (κ2) is 7.77. The molecule has 9 nitrogen and oxygen atoms in total. The maximum atomic E-state index is 13.0. The molecule has 2 amide bonds. The third kappa shape index (κ3) is 3.64. The van der Waals surface area contributed by atoms with Crippen LogP contribution in [0.4, 0.5) is 4.79 Å². The highest BCUT2D eigenvalue weighted by atomic mass is 35.5. The van der Waals surface area contributed by atoms with Crippen molar-refractivity contribution in [1.29, 1.82) is 0 Å². The van der Waals surface area contributed by atoms with Crippen LogP contribution in [0.2, 0.25) is 5.15 Å². The molecule has 1 aliphatic heterocycles. The molecule has 0 aromatic carbocycles. The van der Waals surface area contributed by atoms with E-state index in [4.69, 9.17) is 21.1 Å². The first-order valence-corrected chi connectivity index (χ1v) is 8.40. The number of aromatic nitrogens is 2. The lowest BCUT2D eigenvalue weighted by Crippen LogP contribution is -2.52. The lowest BCUT2D eigenvalue weighted by molar-refractivity contribution is -0.149. The molecule has 0 aliphatic carbocycles. The summed E-state index contributed by atoms with van der Waals surface area (Å²) in [5.74, 6) is -1.74. The molecule has 2 aromatic heterocycles. The number of rotatable bonds is 5. The third-order valence-electron chi connectivity index (χ3n) is 4.09. The van der Waals surface area contributed by atoms with E-state index in [0.29, 0.717) is 5.65 Å². The van der Waals surface area contributed by atoms with Crippen molar-refractivity contribution in [3.05, 3.63) is 57.7 Å². The normalized spacial score (nSPS) is 19.5. The second-order valence-electron chi connectivity index (χ2n) is 5.79. The zero-order valence-electron chi connectivity index (χ0n) is 14.4. The Balaban J connectivity index is 2.07. The first-order valence-electron chi connectivity index (χ1n) is 8.02. The van der Waals surface area contributed by atoms with E-state index in [0.717, 1.165) is 0 Å². The summed E-state index contributed by atoms with van der Waals surface area (Å²) < 4.78 is 11.3. The van der Waals surface area contributed by atoms with Gasteiger partial charge in [0.1, 0.15) is 23.3 Å². The van der Waals surface area contributed by atoms with E-state index in [1.165, 1.54) is 17.7 Å². The highest BCUT2D eigenvalue weighted by molar-refractivity contribution is 6.30. The molecule has 1 aliphatic rings. The number of halogens is 1. The monoisotopic (exact) mass is 392 g/mol. The van der Waals surface area contributed by atoms with Gasteiger partial charge in [-0.25, -0.2) is 9.78 Å². The van der Waals surface area contributed by atoms with Crippen LogP contribution >= 0.6 is 11.6 Å². The van der Waals surface area contributed by atoms with Crippen LogP contribution in [0.1, 0.15) is 11.6 Å². The van der Waals surface area contributed by atoms with Gasteiger partial charge in [-0.05, 0) is 12.1 Å². The van der Waals surface area contributed by atoms with Crippen molar-refractivity contribution in [2.45, 2.75) is 6.04 Å². The number of amides is 2. The van der Waals surface area contributed by atoms with Crippen LogP contribution in [0.25, 0.3) is 5.65 Å².